The van der Waals surface area contributed by atoms with Crippen LogP contribution in [0.25, 0.3) is 10.9 Å². The Labute approximate surface area is 175 Å². The SMILES string of the molecule is Cc1nc(S(=O)(=O)N2CCCC2c2nc3ccccc3c(=O)n2CC2CC2)cn1C. The molecule has 2 fully saturated rings. The summed E-state index contributed by atoms with van der Waals surface area (Å²) in [6, 6.07) is 6.83. The van der Waals surface area contributed by atoms with Gasteiger partial charge < -0.3 is 4.57 Å². The van der Waals surface area contributed by atoms with Crippen molar-refractivity contribution in [2.75, 3.05) is 6.54 Å². The minimum atomic E-state index is -3.79. The molecule has 0 bridgehead atoms. The van der Waals surface area contributed by atoms with Crippen LogP contribution in [0.15, 0.2) is 40.3 Å². The number of rotatable bonds is 5. The second-order valence-electron chi connectivity index (χ2n) is 8.36. The van der Waals surface area contributed by atoms with E-state index in [-0.39, 0.29) is 10.6 Å². The minimum absolute atomic E-state index is 0.0475. The highest BCUT2D eigenvalue weighted by atomic mass is 32.2. The highest BCUT2D eigenvalue weighted by molar-refractivity contribution is 7.89. The molecule has 1 aromatic carbocycles. The summed E-state index contributed by atoms with van der Waals surface area (Å²) < 4.78 is 31.7. The molecule has 0 N–H and O–H groups in total. The van der Waals surface area contributed by atoms with Crippen molar-refractivity contribution in [1.82, 2.24) is 23.4 Å². The molecule has 158 valence electrons. The number of benzene rings is 1. The zero-order valence-corrected chi connectivity index (χ0v) is 18.0. The number of imidazole rings is 1. The number of aryl methyl sites for hydroxylation is 2. The maximum Gasteiger partial charge on any atom is 0.262 e. The van der Waals surface area contributed by atoms with Crippen LogP contribution in [0, 0.1) is 12.8 Å². The first-order valence-corrected chi connectivity index (χ1v) is 11.8. The number of sulfonamides is 1. The fraction of sp³-hybridized carbons (Fsp3) is 0.476. The second-order valence-corrected chi connectivity index (χ2v) is 10.2. The quantitative estimate of drug-likeness (QED) is 0.624. The molecule has 1 atom stereocenters. The third-order valence-corrected chi connectivity index (χ3v) is 7.97. The fourth-order valence-electron chi connectivity index (χ4n) is 4.23. The number of nitrogens with zero attached hydrogens (tertiary/aromatic N) is 5. The highest BCUT2D eigenvalue weighted by Gasteiger charge is 2.40. The Kier molecular flexibility index (Phi) is 4.55. The van der Waals surface area contributed by atoms with Crippen LogP contribution in [0.5, 0.6) is 0 Å². The van der Waals surface area contributed by atoms with Gasteiger partial charge in [0.05, 0.1) is 16.9 Å². The number of hydrogen-bond acceptors (Lipinski definition) is 5. The Bertz CT molecular complexity index is 1270. The molecule has 5 rings (SSSR count). The van der Waals surface area contributed by atoms with Crippen molar-refractivity contribution in [3.63, 3.8) is 0 Å². The van der Waals surface area contributed by atoms with E-state index < -0.39 is 16.1 Å². The summed E-state index contributed by atoms with van der Waals surface area (Å²) in [6.07, 6.45) is 5.10. The molecule has 0 radical (unpaired) electrons. The Morgan fingerprint density at radius 1 is 1.13 bits per heavy atom. The van der Waals surface area contributed by atoms with E-state index in [1.54, 1.807) is 35.4 Å². The van der Waals surface area contributed by atoms with Gasteiger partial charge in [-0.1, -0.05) is 12.1 Å². The predicted octanol–water partition coefficient (Wildman–Crippen LogP) is 2.37. The van der Waals surface area contributed by atoms with Crippen molar-refractivity contribution in [3.8, 4) is 0 Å². The molecular formula is C21H25N5O3S. The van der Waals surface area contributed by atoms with E-state index in [1.165, 1.54) is 4.31 Å². The van der Waals surface area contributed by atoms with Crippen molar-refractivity contribution >= 4 is 20.9 Å². The van der Waals surface area contributed by atoms with Crippen molar-refractivity contribution in [2.45, 2.75) is 50.2 Å². The molecular weight excluding hydrogens is 402 g/mol. The Morgan fingerprint density at radius 3 is 2.60 bits per heavy atom. The molecule has 9 heteroatoms. The monoisotopic (exact) mass is 427 g/mol. The van der Waals surface area contributed by atoms with E-state index in [9.17, 15) is 13.2 Å². The van der Waals surface area contributed by atoms with Gasteiger partial charge in [-0.05, 0) is 50.7 Å². The number of aromatic nitrogens is 4. The zero-order valence-electron chi connectivity index (χ0n) is 17.2. The van der Waals surface area contributed by atoms with E-state index in [1.807, 2.05) is 18.2 Å². The van der Waals surface area contributed by atoms with E-state index in [0.29, 0.717) is 48.0 Å². The lowest BCUT2D eigenvalue weighted by Crippen LogP contribution is -2.36. The average Bonchev–Trinajstić information content (AvgIpc) is 3.27. The lowest BCUT2D eigenvalue weighted by Gasteiger charge is -2.25. The summed E-state index contributed by atoms with van der Waals surface area (Å²) in [7, 11) is -2.01. The molecule has 2 aromatic heterocycles. The average molecular weight is 428 g/mol. The van der Waals surface area contributed by atoms with Crippen LogP contribution in [0.2, 0.25) is 0 Å². The van der Waals surface area contributed by atoms with Gasteiger partial charge in [-0.25, -0.2) is 18.4 Å². The molecule has 2 aliphatic rings. The molecule has 1 aliphatic carbocycles. The number of fused-ring (bicyclic) bond motifs is 1. The van der Waals surface area contributed by atoms with Gasteiger partial charge in [0, 0.05) is 26.3 Å². The predicted molar refractivity (Wildman–Crippen MR) is 113 cm³/mol. The van der Waals surface area contributed by atoms with Crippen LogP contribution in [0.3, 0.4) is 0 Å². The largest absolute Gasteiger partial charge is 0.337 e. The maximum absolute atomic E-state index is 13.4. The van der Waals surface area contributed by atoms with Gasteiger partial charge in [-0.2, -0.15) is 4.31 Å². The smallest absolute Gasteiger partial charge is 0.262 e. The lowest BCUT2D eigenvalue weighted by atomic mass is 10.1. The summed E-state index contributed by atoms with van der Waals surface area (Å²) in [5, 5.41) is 0.626. The van der Waals surface area contributed by atoms with Gasteiger partial charge in [0.15, 0.2) is 5.03 Å². The first kappa shape index (κ1) is 19.4. The standard InChI is InChI=1S/C21H25N5O3S/c1-14-22-19(13-24(14)2)30(28,29)26-11-5-8-18(26)20-23-17-7-4-3-6-16(17)21(27)25(20)12-15-9-10-15/h3-4,6-7,13,15,18H,5,8-12H2,1-2H3. The van der Waals surface area contributed by atoms with E-state index in [2.05, 4.69) is 4.98 Å². The molecule has 0 spiro atoms. The van der Waals surface area contributed by atoms with Crippen LogP contribution in [-0.2, 0) is 23.6 Å². The summed E-state index contributed by atoms with van der Waals surface area (Å²) in [5.74, 6) is 1.66. The highest BCUT2D eigenvalue weighted by Crippen LogP contribution is 2.37. The van der Waals surface area contributed by atoms with Gasteiger partial charge in [0.25, 0.3) is 15.6 Å². The Morgan fingerprint density at radius 2 is 1.90 bits per heavy atom. The van der Waals surface area contributed by atoms with Crippen LogP contribution in [-0.4, -0.2) is 38.4 Å². The molecule has 1 saturated heterocycles. The topological polar surface area (TPSA) is 90.1 Å². The summed E-state index contributed by atoms with van der Waals surface area (Å²) in [4.78, 5) is 22.3. The van der Waals surface area contributed by atoms with Gasteiger partial charge >= 0.3 is 0 Å². The normalized spacial score (nSPS) is 20.3. The van der Waals surface area contributed by atoms with Crippen molar-refractivity contribution < 1.29 is 8.42 Å². The van der Waals surface area contributed by atoms with Gasteiger partial charge in [-0.15, -0.1) is 0 Å². The van der Waals surface area contributed by atoms with E-state index in [0.717, 1.165) is 19.3 Å². The molecule has 1 saturated carbocycles. The first-order chi connectivity index (χ1) is 14.4. The molecule has 3 aromatic rings. The number of para-hydroxylation sites is 1. The third-order valence-electron chi connectivity index (χ3n) is 6.19. The van der Waals surface area contributed by atoms with Gasteiger partial charge in [0.2, 0.25) is 0 Å². The van der Waals surface area contributed by atoms with Crippen molar-refractivity contribution in [3.05, 3.63) is 52.5 Å². The molecule has 1 aliphatic heterocycles. The summed E-state index contributed by atoms with van der Waals surface area (Å²) in [6.45, 7) is 2.77. The minimum Gasteiger partial charge on any atom is -0.337 e. The second kappa shape index (κ2) is 7.02. The van der Waals surface area contributed by atoms with E-state index >= 15 is 0 Å². The van der Waals surface area contributed by atoms with Gasteiger partial charge in [-0.3, -0.25) is 9.36 Å². The van der Waals surface area contributed by atoms with Crippen LogP contribution in [0.1, 0.15) is 43.4 Å². The third kappa shape index (κ3) is 3.16. The van der Waals surface area contributed by atoms with Crippen molar-refractivity contribution in [2.24, 2.45) is 13.0 Å². The first-order valence-electron chi connectivity index (χ1n) is 10.4. The molecule has 3 heterocycles. The molecule has 1 unspecified atom stereocenters. The summed E-state index contributed by atoms with van der Waals surface area (Å²) >= 11 is 0. The molecule has 0 amide bonds. The molecule has 8 nitrogen and oxygen atoms in total. The van der Waals surface area contributed by atoms with Gasteiger partial charge in [0.1, 0.15) is 11.6 Å². The van der Waals surface area contributed by atoms with Crippen LogP contribution < -0.4 is 5.56 Å². The Balaban J connectivity index is 1.64. The fourth-order valence-corrected chi connectivity index (χ4v) is 5.91. The molecule has 30 heavy (non-hydrogen) atoms. The maximum atomic E-state index is 13.4. The van der Waals surface area contributed by atoms with Crippen molar-refractivity contribution in [1.29, 1.82) is 0 Å². The Hall–Kier alpha value is -2.52. The van der Waals surface area contributed by atoms with E-state index in [4.69, 9.17) is 4.98 Å². The lowest BCUT2D eigenvalue weighted by molar-refractivity contribution is 0.364. The summed E-state index contributed by atoms with van der Waals surface area (Å²) in [5.41, 5.74) is 0.530. The zero-order chi connectivity index (χ0) is 21.0. The van der Waals surface area contributed by atoms with Crippen LogP contribution >= 0.6 is 0 Å². The van der Waals surface area contributed by atoms with Crippen LogP contribution in [0.4, 0.5) is 0 Å². The number of hydrogen-bond donors (Lipinski definition) is 0.